The number of halogens is 1. The van der Waals surface area contributed by atoms with Gasteiger partial charge in [-0.25, -0.2) is 0 Å². The average molecular weight is 408 g/mol. The maximum Gasteiger partial charge on any atom is 0.311 e. The monoisotopic (exact) mass is 407 g/mol. The van der Waals surface area contributed by atoms with Gasteiger partial charge < -0.3 is 26.9 Å². The third kappa shape index (κ3) is 6.83. The molecule has 2 rings (SSSR count). The fourth-order valence-corrected chi connectivity index (χ4v) is 2.95. The van der Waals surface area contributed by atoms with Gasteiger partial charge in [0.15, 0.2) is 5.75 Å². The first kappa shape index (κ1) is 23.4. The quantitative estimate of drug-likeness (QED) is 0.275. The summed E-state index contributed by atoms with van der Waals surface area (Å²) in [6.45, 7) is 2.06. The highest BCUT2D eigenvalue weighted by atomic mass is 35.5. The van der Waals surface area contributed by atoms with E-state index in [0.29, 0.717) is 23.1 Å². The van der Waals surface area contributed by atoms with Crippen LogP contribution in [0.5, 0.6) is 5.75 Å². The Morgan fingerprint density at radius 2 is 1.86 bits per heavy atom. The number of amides is 1. The van der Waals surface area contributed by atoms with Crippen LogP contribution in [0.2, 0.25) is 0 Å². The van der Waals surface area contributed by atoms with Crippen molar-refractivity contribution < 1.29 is 31.3 Å². The highest BCUT2D eigenvalue weighted by Gasteiger charge is 2.20. The van der Waals surface area contributed by atoms with E-state index in [1.165, 1.54) is 7.11 Å². The summed E-state index contributed by atoms with van der Waals surface area (Å²) in [5, 5.41) is 14.1. The Hall–Kier alpha value is -2.64. The summed E-state index contributed by atoms with van der Waals surface area (Å²) < 4.78 is 5.70. The molecule has 8 heteroatoms. The first-order chi connectivity index (χ1) is 12.8. The molecule has 0 heterocycles. The number of hydrogen-bond donors (Lipinski definition) is 1. The van der Waals surface area contributed by atoms with Crippen molar-refractivity contribution in [2.24, 2.45) is 0 Å². The lowest BCUT2D eigenvalue weighted by Gasteiger charge is -2.30. The van der Waals surface area contributed by atoms with Gasteiger partial charge in [-0.3, -0.25) is 14.9 Å². The van der Waals surface area contributed by atoms with Gasteiger partial charge in [-0.15, -0.1) is 0 Å². The Bertz CT molecular complexity index is 797. The van der Waals surface area contributed by atoms with Crippen molar-refractivity contribution >= 4 is 11.6 Å². The van der Waals surface area contributed by atoms with Gasteiger partial charge >= 0.3 is 5.69 Å². The number of nitrogens with one attached hydrogen (secondary N) is 1. The van der Waals surface area contributed by atoms with Gasteiger partial charge in [-0.1, -0.05) is 18.2 Å². The van der Waals surface area contributed by atoms with Crippen LogP contribution in [-0.4, -0.2) is 49.6 Å². The standard InChI is InChI=1S/C20H25N3O4.ClH/c1-23(2,13-7-12-21-20(24)17-8-5-4-6-9-17)15-16-10-11-19(27-3)18(14-16)22(25)26;/h4-6,8-11,14H,7,12-13,15H2,1-3H3;1H. The Morgan fingerprint density at radius 1 is 1.18 bits per heavy atom. The predicted octanol–water partition coefficient (Wildman–Crippen LogP) is 0.00390. The number of benzene rings is 2. The molecule has 28 heavy (non-hydrogen) atoms. The maximum atomic E-state index is 12.0. The number of nitro benzene ring substituents is 1. The number of ether oxygens (including phenoxy) is 1. The largest absolute Gasteiger partial charge is 1.00 e. The molecule has 0 spiro atoms. The number of nitro groups is 1. The summed E-state index contributed by atoms with van der Waals surface area (Å²) in [6, 6.07) is 14.2. The topological polar surface area (TPSA) is 81.5 Å². The molecular weight excluding hydrogens is 382 g/mol. The molecule has 0 atom stereocenters. The molecule has 0 radical (unpaired) electrons. The number of carbonyl (C=O) groups is 1. The van der Waals surface area contributed by atoms with Crippen LogP contribution < -0.4 is 22.5 Å². The molecule has 0 aromatic heterocycles. The molecule has 0 aliphatic heterocycles. The second-order valence-electron chi connectivity index (χ2n) is 7.06. The average Bonchev–Trinajstić information content (AvgIpc) is 2.65. The molecule has 2 aromatic carbocycles. The molecule has 1 amide bonds. The summed E-state index contributed by atoms with van der Waals surface area (Å²) in [5.74, 6) is 0.185. The lowest BCUT2D eigenvalue weighted by Crippen LogP contribution is -3.00. The van der Waals surface area contributed by atoms with Gasteiger partial charge in [0, 0.05) is 30.2 Å². The molecule has 2 aromatic rings. The van der Waals surface area contributed by atoms with Crippen molar-refractivity contribution in [1.29, 1.82) is 0 Å². The molecular formula is C20H26ClN3O4. The number of hydrogen-bond acceptors (Lipinski definition) is 4. The van der Waals surface area contributed by atoms with Crippen LogP contribution in [0.4, 0.5) is 5.69 Å². The molecule has 0 unspecified atom stereocenters. The first-order valence-corrected chi connectivity index (χ1v) is 8.79. The van der Waals surface area contributed by atoms with Crippen LogP contribution in [0.25, 0.3) is 0 Å². The van der Waals surface area contributed by atoms with Crippen molar-refractivity contribution in [3.63, 3.8) is 0 Å². The Kier molecular flexibility index (Phi) is 8.88. The number of rotatable bonds is 9. The van der Waals surface area contributed by atoms with E-state index in [9.17, 15) is 14.9 Å². The minimum absolute atomic E-state index is 0. The second-order valence-corrected chi connectivity index (χ2v) is 7.06. The van der Waals surface area contributed by atoms with Crippen molar-refractivity contribution in [3.8, 4) is 5.75 Å². The zero-order chi connectivity index (χ0) is 19.9. The van der Waals surface area contributed by atoms with Gasteiger partial charge in [0.25, 0.3) is 5.91 Å². The Labute approximate surface area is 171 Å². The van der Waals surface area contributed by atoms with Crippen LogP contribution in [0.3, 0.4) is 0 Å². The lowest BCUT2D eigenvalue weighted by atomic mass is 10.1. The third-order valence-corrected chi connectivity index (χ3v) is 4.31. The maximum absolute atomic E-state index is 12.0. The Morgan fingerprint density at radius 3 is 2.46 bits per heavy atom. The zero-order valence-electron chi connectivity index (χ0n) is 16.4. The molecule has 7 nitrogen and oxygen atoms in total. The highest BCUT2D eigenvalue weighted by molar-refractivity contribution is 5.94. The van der Waals surface area contributed by atoms with E-state index >= 15 is 0 Å². The number of nitrogens with zero attached hydrogens (tertiary/aromatic N) is 2. The molecule has 0 fully saturated rings. The smallest absolute Gasteiger partial charge is 0.311 e. The molecule has 0 aliphatic rings. The summed E-state index contributed by atoms with van der Waals surface area (Å²) in [4.78, 5) is 22.8. The van der Waals surface area contributed by atoms with Crippen molar-refractivity contribution in [2.45, 2.75) is 13.0 Å². The molecule has 1 N–H and O–H groups in total. The van der Waals surface area contributed by atoms with Crippen LogP contribution in [0.15, 0.2) is 48.5 Å². The number of quaternary nitrogens is 1. The van der Waals surface area contributed by atoms with E-state index in [1.807, 2.05) is 24.3 Å². The van der Waals surface area contributed by atoms with Crippen LogP contribution in [0.1, 0.15) is 22.3 Å². The van der Waals surface area contributed by atoms with E-state index in [1.54, 1.807) is 24.3 Å². The van der Waals surface area contributed by atoms with E-state index in [0.717, 1.165) is 18.5 Å². The van der Waals surface area contributed by atoms with E-state index < -0.39 is 4.92 Å². The summed E-state index contributed by atoms with van der Waals surface area (Å²) in [6.07, 6.45) is 0.809. The van der Waals surface area contributed by atoms with Crippen molar-refractivity contribution in [2.75, 3.05) is 34.3 Å². The van der Waals surface area contributed by atoms with Crippen molar-refractivity contribution in [1.82, 2.24) is 5.32 Å². The van der Waals surface area contributed by atoms with Crippen LogP contribution in [0, 0.1) is 10.1 Å². The number of carbonyl (C=O) groups excluding carboxylic acids is 1. The molecule has 0 aliphatic carbocycles. The van der Waals surface area contributed by atoms with E-state index in [4.69, 9.17) is 4.74 Å². The third-order valence-electron chi connectivity index (χ3n) is 4.31. The predicted molar refractivity (Wildman–Crippen MR) is 104 cm³/mol. The van der Waals surface area contributed by atoms with Gasteiger partial charge in [-0.2, -0.15) is 0 Å². The second kappa shape index (κ2) is 10.6. The fourth-order valence-electron chi connectivity index (χ4n) is 2.95. The van der Waals surface area contributed by atoms with Crippen LogP contribution in [-0.2, 0) is 6.54 Å². The van der Waals surface area contributed by atoms with Crippen LogP contribution >= 0.6 is 0 Å². The molecule has 0 saturated heterocycles. The van der Waals surface area contributed by atoms with Gasteiger partial charge in [0.05, 0.1) is 32.7 Å². The highest BCUT2D eigenvalue weighted by Crippen LogP contribution is 2.28. The van der Waals surface area contributed by atoms with Crippen molar-refractivity contribution in [3.05, 3.63) is 69.8 Å². The first-order valence-electron chi connectivity index (χ1n) is 8.79. The normalized spacial score (nSPS) is 10.7. The molecule has 0 bridgehead atoms. The van der Waals surface area contributed by atoms with Gasteiger partial charge in [-0.05, 0) is 24.3 Å². The summed E-state index contributed by atoms with van der Waals surface area (Å²) in [7, 11) is 5.55. The summed E-state index contributed by atoms with van der Waals surface area (Å²) in [5.41, 5.74) is 1.50. The van der Waals surface area contributed by atoms with E-state index in [2.05, 4.69) is 19.4 Å². The molecule has 0 saturated carbocycles. The zero-order valence-corrected chi connectivity index (χ0v) is 17.1. The van der Waals surface area contributed by atoms with E-state index in [-0.39, 0.29) is 29.8 Å². The summed E-state index contributed by atoms with van der Waals surface area (Å²) >= 11 is 0. The van der Waals surface area contributed by atoms with Gasteiger partial charge in [0.1, 0.15) is 6.54 Å². The lowest BCUT2D eigenvalue weighted by molar-refractivity contribution is -0.903. The fraction of sp³-hybridized carbons (Fsp3) is 0.350. The van der Waals surface area contributed by atoms with Gasteiger partial charge in [0.2, 0.25) is 0 Å². The SMILES string of the molecule is COc1ccc(C[N+](C)(C)CCCNC(=O)c2ccccc2)cc1[N+](=O)[O-].[Cl-]. The minimum atomic E-state index is -0.429. The Balaban J connectivity index is 0.00000392. The minimum Gasteiger partial charge on any atom is -1.00 e. The molecule has 152 valence electrons. The number of methoxy groups -OCH3 is 1.